The maximum absolute atomic E-state index is 10.4. The molecule has 0 saturated heterocycles. The van der Waals surface area contributed by atoms with Gasteiger partial charge in [-0.3, -0.25) is 14.5 Å². The average molecular weight is 214 g/mol. The fraction of sp³-hybridized carbons (Fsp3) is 0.667. The summed E-state index contributed by atoms with van der Waals surface area (Å²) in [5, 5.41) is 25.3. The molecule has 0 aromatic heterocycles. The zero-order valence-corrected chi connectivity index (χ0v) is 8.35. The second kappa shape index (κ2) is 7.76. The lowest BCUT2D eigenvalue weighted by Gasteiger charge is -2.16. The molecule has 84 valence electrons. The van der Waals surface area contributed by atoms with E-state index in [9.17, 15) is 9.59 Å². The highest BCUT2D eigenvalue weighted by molar-refractivity contribution is 5.72. The van der Waals surface area contributed by atoms with E-state index in [1.165, 1.54) is 4.90 Å². The molecule has 0 aliphatic heterocycles. The van der Waals surface area contributed by atoms with Crippen LogP contribution in [0.15, 0.2) is 0 Å². The van der Waals surface area contributed by atoms with Crippen LogP contribution in [-0.4, -0.2) is 46.7 Å². The Balaban J connectivity index is 3.85. The largest absolute Gasteiger partial charge is 0.480 e. The molecule has 0 atom stereocenters. The molecule has 0 radical (unpaired) electrons. The zero-order valence-electron chi connectivity index (χ0n) is 8.35. The van der Waals surface area contributed by atoms with Gasteiger partial charge < -0.3 is 10.2 Å². The molecule has 0 amide bonds. The van der Waals surface area contributed by atoms with E-state index in [4.69, 9.17) is 15.5 Å². The highest BCUT2D eigenvalue weighted by Gasteiger charge is 2.12. The molecule has 0 aromatic rings. The number of nitriles is 1. The summed E-state index contributed by atoms with van der Waals surface area (Å²) in [5.41, 5.74) is 0. The predicted molar refractivity (Wildman–Crippen MR) is 51.2 cm³/mol. The molecular formula is C9H14N2O4. The van der Waals surface area contributed by atoms with Crippen LogP contribution in [0.5, 0.6) is 0 Å². The molecule has 0 fully saturated rings. The molecule has 0 spiro atoms. The average Bonchev–Trinajstić information content (AvgIpc) is 2.10. The monoisotopic (exact) mass is 214 g/mol. The molecule has 0 saturated carbocycles. The standard InChI is InChI=1S/C9H14N2O4/c10-4-2-1-3-5-11(6-8(12)13)7-9(14)15/h1-3,5-7H2,(H,12,13)(H,14,15). The number of nitrogens with zero attached hydrogens (tertiary/aromatic N) is 2. The Kier molecular flexibility index (Phi) is 6.93. The van der Waals surface area contributed by atoms with Crippen molar-refractivity contribution in [1.29, 1.82) is 5.26 Å². The van der Waals surface area contributed by atoms with Crippen molar-refractivity contribution < 1.29 is 19.8 Å². The highest BCUT2D eigenvalue weighted by Crippen LogP contribution is 1.98. The van der Waals surface area contributed by atoms with Crippen LogP contribution in [0.3, 0.4) is 0 Å². The third-order valence-corrected chi connectivity index (χ3v) is 1.73. The van der Waals surface area contributed by atoms with Crippen LogP contribution >= 0.6 is 0 Å². The van der Waals surface area contributed by atoms with Gasteiger partial charge in [0.15, 0.2) is 0 Å². The number of unbranched alkanes of at least 4 members (excludes halogenated alkanes) is 2. The fourth-order valence-electron chi connectivity index (χ4n) is 1.14. The van der Waals surface area contributed by atoms with Crippen LogP contribution in [-0.2, 0) is 9.59 Å². The Morgan fingerprint density at radius 2 is 1.67 bits per heavy atom. The first-order chi connectivity index (χ1) is 7.06. The smallest absolute Gasteiger partial charge is 0.317 e. The van der Waals surface area contributed by atoms with Gasteiger partial charge in [0, 0.05) is 6.42 Å². The third kappa shape index (κ3) is 8.71. The van der Waals surface area contributed by atoms with Crippen LogP contribution in [0, 0.1) is 11.3 Å². The minimum atomic E-state index is -1.04. The first-order valence-corrected chi connectivity index (χ1v) is 4.59. The summed E-state index contributed by atoms with van der Waals surface area (Å²) in [6, 6.07) is 1.97. The van der Waals surface area contributed by atoms with Crippen LogP contribution in [0.2, 0.25) is 0 Å². The SMILES string of the molecule is N#CCCCCN(CC(=O)O)CC(=O)O. The Hall–Kier alpha value is -1.61. The van der Waals surface area contributed by atoms with Gasteiger partial charge in [0.2, 0.25) is 0 Å². The van der Waals surface area contributed by atoms with Gasteiger partial charge in [0.25, 0.3) is 0 Å². The van der Waals surface area contributed by atoms with Gasteiger partial charge in [-0.15, -0.1) is 0 Å². The molecule has 0 aliphatic rings. The van der Waals surface area contributed by atoms with Crippen LogP contribution in [0.1, 0.15) is 19.3 Å². The quantitative estimate of drug-likeness (QED) is 0.558. The van der Waals surface area contributed by atoms with Crippen molar-refractivity contribution in [2.45, 2.75) is 19.3 Å². The van der Waals surface area contributed by atoms with Crippen molar-refractivity contribution >= 4 is 11.9 Å². The maximum atomic E-state index is 10.4. The normalized spacial score (nSPS) is 9.87. The van der Waals surface area contributed by atoms with Gasteiger partial charge in [-0.05, 0) is 19.4 Å². The predicted octanol–water partition coefficient (Wildman–Crippen LogP) is 0.151. The van der Waals surface area contributed by atoms with Crippen molar-refractivity contribution in [1.82, 2.24) is 4.90 Å². The molecule has 0 rings (SSSR count). The summed E-state index contributed by atoms with van der Waals surface area (Å²) in [4.78, 5) is 22.1. The first-order valence-electron chi connectivity index (χ1n) is 4.59. The Labute approximate surface area is 87.7 Å². The number of carboxylic acids is 2. The van der Waals surface area contributed by atoms with Crippen LogP contribution in [0.25, 0.3) is 0 Å². The zero-order chi connectivity index (χ0) is 11.7. The van der Waals surface area contributed by atoms with E-state index in [1.807, 2.05) is 6.07 Å². The van der Waals surface area contributed by atoms with Gasteiger partial charge in [0.05, 0.1) is 19.2 Å². The summed E-state index contributed by atoms with van der Waals surface area (Å²) >= 11 is 0. The molecule has 0 aliphatic carbocycles. The molecule has 0 heterocycles. The van der Waals surface area contributed by atoms with Crippen LogP contribution in [0.4, 0.5) is 0 Å². The van der Waals surface area contributed by atoms with E-state index >= 15 is 0 Å². The van der Waals surface area contributed by atoms with E-state index in [0.717, 1.165) is 0 Å². The van der Waals surface area contributed by atoms with Gasteiger partial charge in [-0.2, -0.15) is 5.26 Å². The molecule has 6 nitrogen and oxygen atoms in total. The Morgan fingerprint density at radius 3 is 2.07 bits per heavy atom. The molecule has 15 heavy (non-hydrogen) atoms. The lowest BCUT2D eigenvalue weighted by Crippen LogP contribution is -2.35. The fourth-order valence-corrected chi connectivity index (χ4v) is 1.14. The number of aliphatic carboxylic acids is 2. The number of carboxylic acid groups (broad SMARTS) is 2. The molecular weight excluding hydrogens is 200 g/mol. The Morgan fingerprint density at radius 1 is 1.13 bits per heavy atom. The molecule has 0 unspecified atom stereocenters. The molecule has 0 bridgehead atoms. The van der Waals surface area contributed by atoms with Gasteiger partial charge in [-0.25, -0.2) is 0 Å². The van der Waals surface area contributed by atoms with Crippen LogP contribution < -0.4 is 0 Å². The molecule has 2 N–H and O–H groups in total. The van der Waals surface area contributed by atoms with E-state index in [0.29, 0.717) is 25.8 Å². The van der Waals surface area contributed by atoms with Gasteiger partial charge >= 0.3 is 11.9 Å². The van der Waals surface area contributed by atoms with E-state index in [2.05, 4.69) is 0 Å². The molecule has 6 heteroatoms. The summed E-state index contributed by atoms with van der Waals surface area (Å²) in [6.45, 7) is -0.169. The third-order valence-electron chi connectivity index (χ3n) is 1.73. The summed E-state index contributed by atoms with van der Waals surface area (Å²) in [7, 11) is 0. The highest BCUT2D eigenvalue weighted by atomic mass is 16.4. The van der Waals surface area contributed by atoms with Crippen molar-refractivity contribution in [3.05, 3.63) is 0 Å². The second-order valence-electron chi connectivity index (χ2n) is 3.11. The number of hydrogen-bond donors (Lipinski definition) is 2. The van der Waals surface area contributed by atoms with Gasteiger partial charge in [-0.1, -0.05) is 0 Å². The maximum Gasteiger partial charge on any atom is 0.317 e. The van der Waals surface area contributed by atoms with Crippen molar-refractivity contribution in [3.63, 3.8) is 0 Å². The summed E-state index contributed by atoms with van der Waals surface area (Å²) < 4.78 is 0. The number of hydrogen-bond acceptors (Lipinski definition) is 4. The molecule has 0 aromatic carbocycles. The Bertz CT molecular complexity index is 243. The second-order valence-corrected chi connectivity index (χ2v) is 3.11. The lowest BCUT2D eigenvalue weighted by molar-refractivity contribution is -0.141. The summed E-state index contributed by atoms with van der Waals surface area (Å²) in [6.07, 6.45) is 1.70. The number of rotatable bonds is 8. The van der Waals surface area contributed by atoms with E-state index in [-0.39, 0.29) is 13.1 Å². The van der Waals surface area contributed by atoms with Crippen molar-refractivity contribution in [2.24, 2.45) is 0 Å². The van der Waals surface area contributed by atoms with E-state index < -0.39 is 11.9 Å². The first kappa shape index (κ1) is 13.4. The van der Waals surface area contributed by atoms with Crippen molar-refractivity contribution in [2.75, 3.05) is 19.6 Å². The number of carbonyl (C=O) groups is 2. The minimum Gasteiger partial charge on any atom is -0.480 e. The topological polar surface area (TPSA) is 102 Å². The van der Waals surface area contributed by atoms with Gasteiger partial charge in [0.1, 0.15) is 0 Å². The minimum absolute atomic E-state index is 0.279. The van der Waals surface area contributed by atoms with E-state index in [1.54, 1.807) is 0 Å². The summed E-state index contributed by atoms with van der Waals surface area (Å²) in [5.74, 6) is -2.09. The van der Waals surface area contributed by atoms with Crippen molar-refractivity contribution in [3.8, 4) is 6.07 Å². The lowest BCUT2D eigenvalue weighted by atomic mass is 10.2.